The van der Waals surface area contributed by atoms with E-state index in [0.717, 1.165) is 50.4 Å². The highest BCUT2D eigenvalue weighted by Gasteiger charge is 2.12. The summed E-state index contributed by atoms with van der Waals surface area (Å²) in [6.45, 7) is 7.72. The molecule has 1 heterocycles. The van der Waals surface area contributed by atoms with Crippen LogP contribution in [0.5, 0.6) is 11.5 Å². The molecule has 1 aliphatic rings. The minimum atomic E-state index is 0.343. The van der Waals surface area contributed by atoms with Gasteiger partial charge in [0.15, 0.2) is 11.5 Å². The number of fused-ring (bicyclic) bond motifs is 1. The fourth-order valence-electron chi connectivity index (χ4n) is 2.18. The van der Waals surface area contributed by atoms with Crippen molar-refractivity contribution in [1.29, 1.82) is 0 Å². The second kappa shape index (κ2) is 7.81. The monoisotopic (exact) mass is 273 g/mol. The molecule has 0 bridgehead atoms. The number of benzene rings is 1. The van der Waals surface area contributed by atoms with Gasteiger partial charge in [0.25, 0.3) is 0 Å². The van der Waals surface area contributed by atoms with E-state index >= 15 is 0 Å². The van der Waals surface area contributed by atoms with E-state index in [1.807, 2.05) is 6.07 Å². The van der Waals surface area contributed by atoms with Crippen molar-refractivity contribution < 1.29 is 9.47 Å². The van der Waals surface area contributed by atoms with Gasteiger partial charge in [-0.05, 0) is 43.6 Å². The van der Waals surface area contributed by atoms with Crippen LogP contribution in [0.2, 0.25) is 0 Å². The highest BCUT2D eigenvalue weighted by Crippen LogP contribution is 2.32. The van der Waals surface area contributed by atoms with E-state index in [2.05, 4.69) is 42.7 Å². The molecule has 0 amide bonds. The van der Waals surface area contributed by atoms with E-state index in [4.69, 9.17) is 9.47 Å². The zero-order valence-electron chi connectivity index (χ0n) is 12.4. The molecule has 0 N–H and O–H groups in total. The van der Waals surface area contributed by atoms with E-state index < -0.39 is 0 Å². The smallest absolute Gasteiger partial charge is 0.231 e. The molecular weight excluding hydrogens is 250 g/mol. The molecule has 0 radical (unpaired) electrons. The van der Waals surface area contributed by atoms with Crippen LogP contribution in [0.1, 0.15) is 32.3 Å². The first-order chi connectivity index (χ1) is 9.83. The number of hydrogen-bond donors (Lipinski definition) is 0. The van der Waals surface area contributed by atoms with E-state index in [0.29, 0.717) is 6.79 Å². The van der Waals surface area contributed by atoms with Crippen molar-refractivity contribution in [2.24, 2.45) is 0 Å². The molecule has 0 aliphatic carbocycles. The van der Waals surface area contributed by atoms with Gasteiger partial charge in [-0.3, -0.25) is 4.90 Å². The molecule has 0 unspecified atom stereocenters. The zero-order valence-corrected chi connectivity index (χ0v) is 12.4. The number of hydrogen-bond acceptors (Lipinski definition) is 3. The summed E-state index contributed by atoms with van der Waals surface area (Å²) in [4.78, 5) is 2.32. The first-order valence-corrected chi connectivity index (χ1v) is 7.40. The lowest BCUT2D eigenvalue weighted by Crippen LogP contribution is -2.22. The van der Waals surface area contributed by atoms with E-state index in [9.17, 15) is 0 Å². The van der Waals surface area contributed by atoms with Crippen LogP contribution in [0.15, 0.2) is 18.2 Å². The third kappa shape index (κ3) is 4.18. The van der Waals surface area contributed by atoms with Gasteiger partial charge in [-0.25, -0.2) is 0 Å². The average Bonchev–Trinajstić information content (AvgIpc) is 2.94. The molecule has 1 aliphatic heterocycles. The Bertz CT molecular complexity index is 483. The Labute approximate surface area is 121 Å². The fraction of sp³-hybridized carbons (Fsp3) is 0.529. The fourth-order valence-corrected chi connectivity index (χ4v) is 2.18. The number of rotatable bonds is 6. The van der Waals surface area contributed by atoms with Gasteiger partial charge in [-0.1, -0.05) is 25.8 Å². The first-order valence-electron chi connectivity index (χ1n) is 7.40. The highest BCUT2D eigenvalue weighted by molar-refractivity contribution is 5.44. The van der Waals surface area contributed by atoms with Crippen molar-refractivity contribution in [3.63, 3.8) is 0 Å². The van der Waals surface area contributed by atoms with Crippen LogP contribution in [0, 0.1) is 11.8 Å². The van der Waals surface area contributed by atoms with Crippen molar-refractivity contribution in [3.05, 3.63) is 23.8 Å². The lowest BCUT2D eigenvalue weighted by molar-refractivity contribution is 0.174. The topological polar surface area (TPSA) is 21.7 Å². The maximum atomic E-state index is 5.38. The maximum absolute atomic E-state index is 5.38. The normalized spacial score (nSPS) is 12.3. The average molecular weight is 273 g/mol. The number of nitrogens with zero attached hydrogens (tertiary/aromatic N) is 1. The van der Waals surface area contributed by atoms with Crippen LogP contribution in [0.25, 0.3) is 0 Å². The Morgan fingerprint density at radius 3 is 2.70 bits per heavy atom. The third-order valence-corrected chi connectivity index (χ3v) is 3.53. The van der Waals surface area contributed by atoms with Crippen LogP contribution in [0.3, 0.4) is 0 Å². The minimum absolute atomic E-state index is 0.343. The largest absolute Gasteiger partial charge is 0.454 e. The van der Waals surface area contributed by atoms with Crippen molar-refractivity contribution in [3.8, 4) is 23.3 Å². The van der Waals surface area contributed by atoms with Gasteiger partial charge >= 0.3 is 0 Å². The summed E-state index contributed by atoms with van der Waals surface area (Å²) >= 11 is 0. The molecule has 1 aromatic carbocycles. The summed E-state index contributed by atoms with van der Waals surface area (Å²) in [5.74, 6) is 8.23. The summed E-state index contributed by atoms with van der Waals surface area (Å²) < 4.78 is 10.7. The first kappa shape index (κ1) is 14.7. The van der Waals surface area contributed by atoms with E-state index in [-0.39, 0.29) is 0 Å². The molecule has 1 aromatic rings. The lowest BCUT2D eigenvalue weighted by Gasteiger charge is -2.13. The number of ether oxygens (including phenoxy) is 2. The predicted molar refractivity (Wildman–Crippen MR) is 81.1 cm³/mol. The third-order valence-electron chi connectivity index (χ3n) is 3.53. The molecular formula is C17H23NO2. The Morgan fingerprint density at radius 1 is 1.10 bits per heavy atom. The summed E-state index contributed by atoms with van der Waals surface area (Å²) in [5.41, 5.74) is 1.29. The van der Waals surface area contributed by atoms with Gasteiger partial charge in [0, 0.05) is 6.42 Å². The van der Waals surface area contributed by atoms with Crippen LogP contribution in [0.4, 0.5) is 0 Å². The molecule has 0 spiro atoms. The van der Waals surface area contributed by atoms with Crippen LogP contribution in [-0.2, 0) is 6.42 Å². The van der Waals surface area contributed by atoms with Gasteiger partial charge in [0.05, 0.1) is 6.54 Å². The SMILES string of the molecule is CCN(CC)CC#CCCCc1ccc2c(c1)OCO2. The number of unbranched alkanes of at least 4 members (excludes halogenated alkanes) is 1. The standard InChI is InChI=1S/C17H23NO2/c1-3-18(4-2)12-8-6-5-7-9-15-10-11-16-17(13-15)20-14-19-16/h10-11,13H,3-5,7,9,12,14H2,1-2H3. The van der Waals surface area contributed by atoms with Gasteiger partial charge in [-0.2, -0.15) is 0 Å². The molecule has 2 rings (SSSR count). The van der Waals surface area contributed by atoms with Gasteiger partial charge in [0.1, 0.15) is 0 Å². The number of aryl methyl sites for hydroxylation is 1. The second-order valence-electron chi connectivity index (χ2n) is 4.86. The van der Waals surface area contributed by atoms with Crippen molar-refractivity contribution in [1.82, 2.24) is 4.90 Å². The molecule has 0 aromatic heterocycles. The van der Waals surface area contributed by atoms with E-state index in [1.165, 1.54) is 5.56 Å². The maximum Gasteiger partial charge on any atom is 0.231 e. The highest BCUT2D eigenvalue weighted by atomic mass is 16.7. The van der Waals surface area contributed by atoms with Crippen LogP contribution >= 0.6 is 0 Å². The minimum Gasteiger partial charge on any atom is -0.454 e. The Hall–Kier alpha value is -1.66. The van der Waals surface area contributed by atoms with Gasteiger partial charge in [-0.15, -0.1) is 5.92 Å². The molecule has 0 saturated carbocycles. The second-order valence-corrected chi connectivity index (χ2v) is 4.86. The summed E-state index contributed by atoms with van der Waals surface area (Å²) in [7, 11) is 0. The van der Waals surface area contributed by atoms with Crippen molar-refractivity contribution >= 4 is 0 Å². The predicted octanol–water partition coefficient (Wildman–Crippen LogP) is 3.08. The molecule has 20 heavy (non-hydrogen) atoms. The van der Waals surface area contributed by atoms with Crippen LogP contribution < -0.4 is 9.47 Å². The summed E-state index contributed by atoms with van der Waals surface area (Å²) in [6, 6.07) is 6.17. The summed E-state index contributed by atoms with van der Waals surface area (Å²) in [6.07, 6.45) is 3.08. The molecule has 0 saturated heterocycles. The Balaban J connectivity index is 1.70. The van der Waals surface area contributed by atoms with Crippen molar-refractivity contribution in [2.45, 2.75) is 33.1 Å². The van der Waals surface area contributed by atoms with Crippen LogP contribution in [-0.4, -0.2) is 31.3 Å². The summed E-state index contributed by atoms with van der Waals surface area (Å²) in [5, 5.41) is 0. The lowest BCUT2D eigenvalue weighted by atomic mass is 10.1. The van der Waals surface area contributed by atoms with E-state index in [1.54, 1.807) is 0 Å². The molecule has 108 valence electrons. The molecule has 0 atom stereocenters. The zero-order chi connectivity index (χ0) is 14.2. The quantitative estimate of drug-likeness (QED) is 0.587. The molecule has 3 nitrogen and oxygen atoms in total. The van der Waals surface area contributed by atoms with Crippen molar-refractivity contribution in [2.75, 3.05) is 26.4 Å². The van der Waals surface area contributed by atoms with Gasteiger partial charge < -0.3 is 9.47 Å². The molecule has 0 fully saturated rings. The Morgan fingerprint density at radius 2 is 1.90 bits per heavy atom. The van der Waals surface area contributed by atoms with Gasteiger partial charge in [0.2, 0.25) is 6.79 Å². The Kier molecular flexibility index (Phi) is 5.76. The molecule has 3 heteroatoms.